The van der Waals surface area contributed by atoms with Crippen LogP contribution in [-0.4, -0.2) is 0 Å². The van der Waals surface area contributed by atoms with Gasteiger partial charge in [0.25, 0.3) is 0 Å². The van der Waals surface area contributed by atoms with Gasteiger partial charge in [-0.3, -0.25) is 0 Å². The Kier molecular flexibility index (Phi) is 6.39. The van der Waals surface area contributed by atoms with E-state index in [1.807, 2.05) is 0 Å². The van der Waals surface area contributed by atoms with Crippen molar-refractivity contribution >= 4 is 49.8 Å². The fourth-order valence-electron chi connectivity index (χ4n) is 9.77. The van der Waals surface area contributed by atoms with E-state index in [2.05, 4.69) is 196 Å². The van der Waals surface area contributed by atoms with Crippen molar-refractivity contribution in [1.82, 2.24) is 0 Å². The van der Waals surface area contributed by atoms with E-state index in [0.29, 0.717) is 0 Å². The van der Waals surface area contributed by atoms with Crippen molar-refractivity contribution in [2.24, 2.45) is 0 Å². The van der Waals surface area contributed by atoms with E-state index < -0.39 is 0 Å². The summed E-state index contributed by atoms with van der Waals surface area (Å²) in [4.78, 5) is 2.42. The zero-order valence-corrected chi connectivity index (χ0v) is 30.9. The minimum absolute atomic E-state index is 0.103. The van der Waals surface area contributed by atoms with Crippen molar-refractivity contribution in [3.63, 3.8) is 0 Å². The highest BCUT2D eigenvalue weighted by molar-refractivity contribution is 6.22. The van der Waals surface area contributed by atoms with Crippen LogP contribution in [0.2, 0.25) is 0 Å². The van der Waals surface area contributed by atoms with Crippen LogP contribution in [0.15, 0.2) is 168 Å². The van der Waals surface area contributed by atoms with Gasteiger partial charge in [0.05, 0.1) is 11.1 Å². The lowest BCUT2D eigenvalue weighted by atomic mass is 9.81. The van der Waals surface area contributed by atoms with Crippen molar-refractivity contribution in [3.05, 3.63) is 186 Å². The predicted octanol–water partition coefficient (Wildman–Crippen LogP) is 14.5. The average Bonchev–Trinajstić information content (AvgIpc) is 3.77. The topological polar surface area (TPSA) is 16.4 Å². The Morgan fingerprint density at radius 3 is 1.80 bits per heavy atom. The van der Waals surface area contributed by atoms with E-state index >= 15 is 0 Å². The number of hydrogen-bond donors (Lipinski definition) is 0. The minimum atomic E-state index is -0.113. The first kappa shape index (κ1) is 31.2. The van der Waals surface area contributed by atoms with Gasteiger partial charge in [0, 0.05) is 33.2 Å². The summed E-state index contributed by atoms with van der Waals surface area (Å²) in [7, 11) is 0. The molecule has 0 unspecified atom stereocenters. The summed E-state index contributed by atoms with van der Waals surface area (Å²) < 4.78 is 7.06. The molecule has 0 bridgehead atoms. The Balaban J connectivity index is 1.17. The number of rotatable bonds is 4. The molecule has 2 heteroatoms. The Labute approximate surface area is 315 Å². The average molecular weight is 694 g/mol. The minimum Gasteiger partial charge on any atom is -0.455 e. The summed E-state index contributed by atoms with van der Waals surface area (Å²) in [5, 5.41) is 4.62. The van der Waals surface area contributed by atoms with Crippen molar-refractivity contribution in [2.75, 3.05) is 4.90 Å². The van der Waals surface area contributed by atoms with Crippen LogP contribution >= 0.6 is 0 Å². The fraction of sp³-hybridized carbons (Fsp3) is 0.115. The zero-order valence-electron chi connectivity index (χ0n) is 30.9. The van der Waals surface area contributed by atoms with E-state index in [0.717, 1.165) is 44.6 Å². The molecule has 0 atom stereocenters. The maximum atomic E-state index is 7.06. The maximum Gasteiger partial charge on any atom is 0.143 e. The first-order valence-corrected chi connectivity index (χ1v) is 19.0. The van der Waals surface area contributed by atoms with Crippen LogP contribution in [0.25, 0.3) is 66.1 Å². The molecule has 258 valence electrons. The highest BCUT2D eigenvalue weighted by Gasteiger charge is 2.37. The SMILES string of the molecule is CC1(C)c2ccccc2-c2ccc(-c3c4ccccc4cc4c3oc3cccc(N(c5ccccc5)c5ccc6c(c5)C(C)(C)c5ccccc5-6)c34)cc21. The molecule has 0 saturated carbocycles. The molecule has 0 aliphatic heterocycles. The molecule has 0 amide bonds. The second-order valence-corrected chi connectivity index (χ2v) is 16.1. The molecule has 2 nitrogen and oxygen atoms in total. The van der Waals surface area contributed by atoms with Gasteiger partial charge in [-0.1, -0.05) is 143 Å². The lowest BCUT2D eigenvalue weighted by Crippen LogP contribution is -2.16. The second-order valence-electron chi connectivity index (χ2n) is 16.1. The van der Waals surface area contributed by atoms with Crippen LogP contribution in [0, 0.1) is 0 Å². The summed E-state index contributed by atoms with van der Waals surface area (Å²) in [5.74, 6) is 0. The number of anilines is 3. The highest BCUT2D eigenvalue weighted by atomic mass is 16.3. The van der Waals surface area contributed by atoms with Crippen LogP contribution in [-0.2, 0) is 10.8 Å². The third-order valence-electron chi connectivity index (χ3n) is 12.4. The molecule has 9 aromatic rings. The number of hydrogen-bond acceptors (Lipinski definition) is 2. The van der Waals surface area contributed by atoms with E-state index in [1.54, 1.807) is 0 Å². The number of fused-ring (bicyclic) bond motifs is 10. The molecule has 11 rings (SSSR count). The van der Waals surface area contributed by atoms with E-state index in [4.69, 9.17) is 4.42 Å². The monoisotopic (exact) mass is 693 g/mol. The van der Waals surface area contributed by atoms with Gasteiger partial charge in [-0.15, -0.1) is 0 Å². The van der Waals surface area contributed by atoms with Crippen LogP contribution in [0.1, 0.15) is 49.9 Å². The summed E-state index contributed by atoms with van der Waals surface area (Å²) in [5.41, 5.74) is 18.0. The van der Waals surface area contributed by atoms with E-state index in [1.165, 1.54) is 60.8 Å². The Morgan fingerprint density at radius 2 is 1.06 bits per heavy atom. The van der Waals surface area contributed by atoms with Crippen LogP contribution in [0.5, 0.6) is 0 Å². The molecule has 8 aromatic carbocycles. The molecule has 0 fully saturated rings. The zero-order chi connectivity index (χ0) is 36.3. The number of para-hydroxylation sites is 1. The predicted molar refractivity (Wildman–Crippen MR) is 226 cm³/mol. The first-order chi connectivity index (χ1) is 26.3. The fourth-order valence-corrected chi connectivity index (χ4v) is 9.77. The van der Waals surface area contributed by atoms with Gasteiger partial charge >= 0.3 is 0 Å². The smallest absolute Gasteiger partial charge is 0.143 e. The molecular weight excluding hydrogens is 655 g/mol. The third kappa shape index (κ3) is 4.23. The Morgan fingerprint density at radius 1 is 0.444 bits per heavy atom. The molecule has 1 aromatic heterocycles. The van der Waals surface area contributed by atoms with Gasteiger partial charge in [0.1, 0.15) is 11.2 Å². The normalized spacial score (nSPS) is 14.6. The largest absolute Gasteiger partial charge is 0.455 e. The molecule has 0 spiro atoms. The van der Waals surface area contributed by atoms with Crippen molar-refractivity contribution in [2.45, 2.75) is 38.5 Å². The number of furan rings is 1. The van der Waals surface area contributed by atoms with Crippen molar-refractivity contribution in [3.8, 4) is 33.4 Å². The van der Waals surface area contributed by atoms with Crippen LogP contribution in [0.3, 0.4) is 0 Å². The molecule has 0 N–H and O–H groups in total. The Bertz CT molecular complexity index is 3000. The van der Waals surface area contributed by atoms with Crippen molar-refractivity contribution < 1.29 is 4.42 Å². The van der Waals surface area contributed by atoms with Gasteiger partial charge in [-0.2, -0.15) is 0 Å². The molecule has 2 aliphatic rings. The number of benzene rings is 8. The molecule has 1 heterocycles. The number of nitrogens with zero attached hydrogens (tertiary/aromatic N) is 1. The molecule has 2 aliphatic carbocycles. The van der Waals surface area contributed by atoms with E-state index in [-0.39, 0.29) is 10.8 Å². The van der Waals surface area contributed by atoms with Crippen molar-refractivity contribution in [1.29, 1.82) is 0 Å². The van der Waals surface area contributed by atoms with E-state index in [9.17, 15) is 0 Å². The molecule has 0 saturated heterocycles. The quantitative estimate of drug-likeness (QED) is 0.182. The molecule has 0 radical (unpaired) electrons. The summed E-state index contributed by atoms with van der Waals surface area (Å²) in [6.07, 6.45) is 0. The first-order valence-electron chi connectivity index (χ1n) is 19.0. The summed E-state index contributed by atoms with van der Waals surface area (Å²) in [6.45, 7) is 9.41. The van der Waals surface area contributed by atoms with Crippen LogP contribution in [0.4, 0.5) is 17.1 Å². The van der Waals surface area contributed by atoms with Gasteiger partial charge in [-0.25, -0.2) is 0 Å². The van der Waals surface area contributed by atoms with Gasteiger partial charge in [-0.05, 0) is 109 Å². The van der Waals surface area contributed by atoms with Gasteiger partial charge in [0.15, 0.2) is 0 Å². The summed E-state index contributed by atoms with van der Waals surface area (Å²) >= 11 is 0. The highest BCUT2D eigenvalue weighted by Crippen LogP contribution is 2.53. The summed E-state index contributed by atoms with van der Waals surface area (Å²) in [6, 6.07) is 60.2. The molecular formula is C52H39NO. The Hall–Kier alpha value is -6.38. The lowest BCUT2D eigenvalue weighted by molar-refractivity contribution is 0.660. The standard InChI is InChI=1S/C52H39NO/c1-51(2)42-21-12-10-19-37(42)39-27-25-33(30-44(39)51)48-36-18-9-8-15-32(36)29-41-49-46(23-14-24-47(49)54-50(41)48)53(34-16-6-5-7-17-34)35-26-28-40-38-20-11-13-22-43(38)52(3,4)45(40)31-35/h5-31H,1-4H3. The lowest BCUT2D eigenvalue weighted by Gasteiger charge is -2.28. The van der Waals surface area contributed by atoms with Gasteiger partial charge in [0.2, 0.25) is 0 Å². The third-order valence-corrected chi connectivity index (χ3v) is 12.4. The van der Waals surface area contributed by atoms with Crippen LogP contribution < -0.4 is 4.90 Å². The van der Waals surface area contributed by atoms with Gasteiger partial charge < -0.3 is 9.32 Å². The maximum absolute atomic E-state index is 7.06. The molecule has 54 heavy (non-hydrogen) atoms. The second kappa shape index (κ2) is 11.1.